The fourth-order valence-electron chi connectivity index (χ4n) is 1.72. The molecule has 0 atom stereocenters. The van der Waals surface area contributed by atoms with Gasteiger partial charge in [0.1, 0.15) is 4.90 Å². The minimum atomic E-state index is -3.44. The van der Waals surface area contributed by atoms with Crippen molar-refractivity contribution in [1.82, 2.24) is 4.72 Å². The lowest BCUT2D eigenvalue weighted by Crippen LogP contribution is -2.20. The number of hydrogen-bond donors (Lipinski definition) is 2. The third-order valence-corrected chi connectivity index (χ3v) is 5.17. The summed E-state index contributed by atoms with van der Waals surface area (Å²) < 4.78 is 26.1. The first-order chi connectivity index (χ1) is 9.03. The summed E-state index contributed by atoms with van der Waals surface area (Å²) in [6, 6.07) is 11.0. The van der Waals surface area contributed by atoms with Crippen molar-refractivity contribution in [2.45, 2.75) is 18.4 Å². The largest absolute Gasteiger partial charge is 0.379 e. The van der Waals surface area contributed by atoms with Crippen LogP contribution in [0.5, 0.6) is 0 Å². The second-order valence-electron chi connectivity index (χ2n) is 4.07. The standard InChI is InChI=1S/C13H16N2O2S2/c1-10-7-8-11(18-10)9-15-12-5-3-4-6-13(12)19(16,17)14-2/h3-8,14-15H,9H2,1-2H3. The summed E-state index contributed by atoms with van der Waals surface area (Å²) in [5.74, 6) is 0. The minimum Gasteiger partial charge on any atom is -0.379 e. The number of aryl methyl sites for hydroxylation is 1. The molecule has 6 heteroatoms. The van der Waals surface area contributed by atoms with Gasteiger partial charge in [-0.1, -0.05) is 12.1 Å². The highest BCUT2D eigenvalue weighted by Crippen LogP contribution is 2.22. The van der Waals surface area contributed by atoms with E-state index < -0.39 is 10.0 Å². The summed E-state index contributed by atoms with van der Waals surface area (Å²) in [6.07, 6.45) is 0. The van der Waals surface area contributed by atoms with Crippen molar-refractivity contribution in [2.24, 2.45) is 0 Å². The molecular formula is C13H16N2O2S2. The van der Waals surface area contributed by atoms with Crippen molar-refractivity contribution in [3.63, 3.8) is 0 Å². The van der Waals surface area contributed by atoms with Gasteiger partial charge in [-0.3, -0.25) is 0 Å². The van der Waals surface area contributed by atoms with Gasteiger partial charge < -0.3 is 5.32 Å². The Morgan fingerprint density at radius 3 is 2.53 bits per heavy atom. The second kappa shape index (κ2) is 5.73. The third-order valence-electron chi connectivity index (χ3n) is 2.69. The molecule has 0 saturated carbocycles. The van der Waals surface area contributed by atoms with Crippen molar-refractivity contribution in [2.75, 3.05) is 12.4 Å². The predicted octanol–water partition coefficient (Wildman–Crippen LogP) is 2.58. The Hall–Kier alpha value is -1.37. The quantitative estimate of drug-likeness (QED) is 0.891. The molecule has 0 aliphatic rings. The van der Waals surface area contributed by atoms with E-state index in [1.54, 1.807) is 29.5 Å². The minimum absolute atomic E-state index is 0.269. The molecule has 2 rings (SSSR count). The summed E-state index contributed by atoms with van der Waals surface area (Å²) in [5, 5.41) is 3.17. The van der Waals surface area contributed by atoms with E-state index in [-0.39, 0.29) is 4.90 Å². The average Bonchev–Trinajstić information content (AvgIpc) is 2.82. The molecule has 0 radical (unpaired) electrons. The van der Waals surface area contributed by atoms with Gasteiger partial charge in [0.2, 0.25) is 10.0 Å². The zero-order valence-electron chi connectivity index (χ0n) is 10.8. The number of nitrogens with one attached hydrogen (secondary N) is 2. The number of hydrogen-bond acceptors (Lipinski definition) is 4. The molecule has 0 bridgehead atoms. The molecule has 1 heterocycles. The van der Waals surface area contributed by atoms with Crippen molar-refractivity contribution in [3.05, 3.63) is 46.2 Å². The number of thiophene rings is 1. The van der Waals surface area contributed by atoms with Crippen LogP contribution < -0.4 is 10.0 Å². The molecule has 19 heavy (non-hydrogen) atoms. The first kappa shape index (κ1) is 14.0. The molecular weight excluding hydrogens is 280 g/mol. The summed E-state index contributed by atoms with van der Waals surface area (Å²) in [5.41, 5.74) is 0.614. The lowest BCUT2D eigenvalue weighted by molar-refractivity contribution is 0.588. The molecule has 4 nitrogen and oxygen atoms in total. The number of sulfonamides is 1. The molecule has 0 spiro atoms. The van der Waals surface area contributed by atoms with Crippen LogP contribution in [0.3, 0.4) is 0 Å². The highest BCUT2D eigenvalue weighted by Gasteiger charge is 2.15. The number of benzene rings is 1. The van der Waals surface area contributed by atoms with Crippen LogP contribution in [0, 0.1) is 6.92 Å². The van der Waals surface area contributed by atoms with Crippen molar-refractivity contribution >= 4 is 27.0 Å². The number of para-hydroxylation sites is 1. The van der Waals surface area contributed by atoms with Crippen LogP contribution in [-0.2, 0) is 16.6 Å². The Morgan fingerprint density at radius 2 is 1.89 bits per heavy atom. The van der Waals surface area contributed by atoms with E-state index in [1.807, 2.05) is 19.1 Å². The van der Waals surface area contributed by atoms with Gasteiger partial charge in [-0.25, -0.2) is 13.1 Å². The van der Waals surface area contributed by atoms with Gasteiger partial charge in [-0.2, -0.15) is 0 Å². The van der Waals surface area contributed by atoms with Crippen LogP contribution in [0.2, 0.25) is 0 Å². The first-order valence-electron chi connectivity index (χ1n) is 5.84. The Balaban J connectivity index is 2.21. The monoisotopic (exact) mass is 296 g/mol. The summed E-state index contributed by atoms with van der Waals surface area (Å²) >= 11 is 1.70. The van der Waals surface area contributed by atoms with Crippen molar-refractivity contribution in [3.8, 4) is 0 Å². The van der Waals surface area contributed by atoms with Crippen molar-refractivity contribution < 1.29 is 8.42 Å². The second-order valence-corrected chi connectivity index (χ2v) is 7.30. The topological polar surface area (TPSA) is 58.2 Å². The van der Waals surface area contributed by atoms with Gasteiger partial charge in [0.15, 0.2) is 0 Å². The van der Waals surface area contributed by atoms with E-state index in [9.17, 15) is 8.42 Å². The predicted molar refractivity (Wildman–Crippen MR) is 79.1 cm³/mol. The zero-order chi connectivity index (χ0) is 13.9. The summed E-state index contributed by atoms with van der Waals surface area (Å²) in [4.78, 5) is 2.69. The molecule has 0 aliphatic carbocycles. The van der Waals surface area contributed by atoms with Crippen LogP contribution >= 0.6 is 11.3 Å². The molecule has 2 N–H and O–H groups in total. The fourth-order valence-corrected chi connectivity index (χ4v) is 3.46. The first-order valence-corrected chi connectivity index (χ1v) is 8.14. The Bertz CT molecular complexity index is 663. The van der Waals surface area contributed by atoms with Crippen LogP contribution in [0.4, 0.5) is 5.69 Å². The zero-order valence-corrected chi connectivity index (χ0v) is 12.4. The van der Waals surface area contributed by atoms with Crippen molar-refractivity contribution in [1.29, 1.82) is 0 Å². The van der Waals surface area contributed by atoms with Crippen LogP contribution in [-0.4, -0.2) is 15.5 Å². The summed E-state index contributed by atoms with van der Waals surface area (Å²) in [7, 11) is -2.03. The lowest BCUT2D eigenvalue weighted by atomic mass is 10.3. The molecule has 0 fully saturated rings. The van der Waals surface area contributed by atoms with Crippen LogP contribution in [0.25, 0.3) is 0 Å². The van der Waals surface area contributed by atoms with Gasteiger partial charge in [-0.15, -0.1) is 11.3 Å². The number of anilines is 1. The van der Waals surface area contributed by atoms with E-state index in [1.165, 1.54) is 16.8 Å². The number of rotatable bonds is 5. The molecule has 0 unspecified atom stereocenters. The normalized spacial score (nSPS) is 11.5. The van der Waals surface area contributed by atoms with Crippen LogP contribution in [0.15, 0.2) is 41.3 Å². The maximum atomic E-state index is 11.9. The van der Waals surface area contributed by atoms with Crippen LogP contribution in [0.1, 0.15) is 9.75 Å². The van der Waals surface area contributed by atoms with Gasteiger partial charge >= 0.3 is 0 Å². The molecule has 0 amide bonds. The highest BCUT2D eigenvalue weighted by molar-refractivity contribution is 7.89. The van der Waals surface area contributed by atoms with E-state index in [2.05, 4.69) is 16.1 Å². The van der Waals surface area contributed by atoms with E-state index in [0.717, 1.165) is 0 Å². The molecule has 102 valence electrons. The molecule has 1 aromatic heterocycles. The van der Waals surface area contributed by atoms with Gasteiger partial charge in [0.05, 0.1) is 5.69 Å². The Kier molecular flexibility index (Phi) is 4.24. The molecule has 0 aliphatic heterocycles. The fraction of sp³-hybridized carbons (Fsp3) is 0.231. The maximum Gasteiger partial charge on any atom is 0.242 e. The van der Waals surface area contributed by atoms with Gasteiger partial charge in [0, 0.05) is 16.3 Å². The molecule has 0 saturated heterocycles. The Labute approximate surface area is 117 Å². The van der Waals surface area contributed by atoms with Gasteiger partial charge in [-0.05, 0) is 38.2 Å². The van der Waals surface area contributed by atoms with E-state index >= 15 is 0 Å². The van der Waals surface area contributed by atoms with E-state index in [4.69, 9.17) is 0 Å². The Morgan fingerprint density at radius 1 is 1.16 bits per heavy atom. The highest BCUT2D eigenvalue weighted by atomic mass is 32.2. The summed E-state index contributed by atoms with van der Waals surface area (Å²) in [6.45, 7) is 2.67. The maximum absolute atomic E-state index is 11.9. The average molecular weight is 296 g/mol. The van der Waals surface area contributed by atoms with E-state index in [0.29, 0.717) is 12.2 Å². The third kappa shape index (κ3) is 3.34. The molecule has 2 aromatic rings. The smallest absolute Gasteiger partial charge is 0.242 e. The lowest BCUT2D eigenvalue weighted by Gasteiger charge is -2.11. The SMILES string of the molecule is CNS(=O)(=O)c1ccccc1NCc1ccc(C)s1. The molecule has 1 aromatic carbocycles. The van der Waals surface area contributed by atoms with Gasteiger partial charge in [0.25, 0.3) is 0 Å².